The molecule has 0 amide bonds. The first-order valence-corrected chi connectivity index (χ1v) is 5.62. The lowest BCUT2D eigenvalue weighted by Gasteiger charge is -2.21. The summed E-state index contributed by atoms with van der Waals surface area (Å²) in [4.78, 5) is 6.06. The van der Waals surface area contributed by atoms with Gasteiger partial charge in [0.1, 0.15) is 0 Å². The molecule has 0 saturated heterocycles. The number of nitrogens with one attached hydrogen (secondary N) is 1. The highest BCUT2D eigenvalue weighted by molar-refractivity contribution is 4.77. The van der Waals surface area contributed by atoms with E-state index in [0.29, 0.717) is 25.5 Å². The van der Waals surface area contributed by atoms with Crippen molar-refractivity contribution >= 4 is 0 Å². The first kappa shape index (κ1) is 13.1. The van der Waals surface area contributed by atoms with Crippen LogP contribution in [-0.4, -0.2) is 52.4 Å². The summed E-state index contributed by atoms with van der Waals surface area (Å²) in [5.74, 6) is 0.607. The SMILES string of the molecule is CCN(CC)CC(O)CNCc1ncon1. The molecule has 6 heteroatoms. The average Bonchev–Trinajstić information content (AvgIpc) is 2.79. The summed E-state index contributed by atoms with van der Waals surface area (Å²) in [7, 11) is 0. The topological polar surface area (TPSA) is 74.4 Å². The van der Waals surface area contributed by atoms with Gasteiger partial charge in [0.2, 0.25) is 6.39 Å². The molecule has 1 heterocycles. The standard InChI is InChI=1S/C10H20N4O2/c1-3-14(4-2)7-9(15)5-11-6-10-12-8-16-13-10/h8-9,11,15H,3-7H2,1-2H3. The molecule has 0 saturated carbocycles. The fraction of sp³-hybridized carbons (Fsp3) is 0.800. The molecular weight excluding hydrogens is 208 g/mol. The highest BCUT2D eigenvalue weighted by Gasteiger charge is 2.08. The van der Waals surface area contributed by atoms with Crippen LogP contribution in [0.5, 0.6) is 0 Å². The Morgan fingerprint density at radius 2 is 2.25 bits per heavy atom. The van der Waals surface area contributed by atoms with Crippen molar-refractivity contribution in [3.63, 3.8) is 0 Å². The number of aromatic nitrogens is 2. The minimum absolute atomic E-state index is 0.369. The molecule has 0 aliphatic carbocycles. The molecule has 6 nitrogen and oxygen atoms in total. The van der Waals surface area contributed by atoms with Gasteiger partial charge in [0.05, 0.1) is 12.6 Å². The average molecular weight is 228 g/mol. The Bertz CT molecular complexity index is 262. The van der Waals surface area contributed by atoms with Crippen molar-refractivity contribution in [1.29, 1.82) is 0 Å². The van der Waals surface area contributed by atoms with Crippen LogP contribution in [0.2, 0.25) is 0 Å². The van der Waals surface area contributed by atoms with Crippen LogP contribution in [-0.2, 0) is 6.54 Å². The van der Waals surface area contributed by atoms with E-state index in [4.69, 9.17) is 0 Å². The van der Waals surface area contributed by atoms with Gasteiger partial charge >= 0.3 is 0 Å². The molecule has 16 heavy (non-hydrogen) atoms. The van der Waals surface area contributed by atoms with E-state index in [-0.39, 0.29) is 6.10 Å². The molecule has 0 bridgehead atoms. The minimum Gasteiger partial charge on any atom is -0.390 e. The Balaban J connectivity index is 2.12. The lowest BCUT2D eigenvalue weighted by Crippen LogP contribution is -2.38. The molecule has 1 rings (SSSR count). The first-order valence-electron chi connectivity index (χ1n) is 5.62. The molecule has 0 fully saturated rings. The van der Waals surface area contributed by atoms with Crippen LogP contribution in [0.25, 0.3) is 0 Å². The Morgan fingerprint density at radius 3 is 2.81 bits per heavy atom. The van der Waals surface area contributed by atoms with Gasteiger partial charge in [0, 0.05) is 13.1 Å². The van der Waals surface area contributed by atoms with E-state index < -0.39 is 0 Å². The van der Waals surface area contributed by atoms with Crippen LogP contribution < -0.4 is 5.32 Å². The van der Waals surface area contributed by atoms with Gasteiger partial charge < -0.3 is 19.8 Å². The van der Waals surface area contributed by atoms with E-state index in [1.165, 1.54) is 6.39 Å². The van der Waals surface area contributed by atoms with Gasteiger partial charge in [0.15, 0.2) is 5.82 Å². The summed E-state index contributed by atoms with van der Waals surface area (Å²) in [6.07, 6.45) is 0.926. The number of hydrogen-bond acceptors (Lipinski definition) is 6. The maximum absolute atomic E-state index is 9.74. The van der Waals surface area contributed by atoms with Crippen LogP contribution >= 0.6 is 0 Å². The van der Waals surface area contributed by atoms with Crippen molar-refractivity contribution in [2.75, 3.05) is 26.2 Å². The van der Waals surface area contributed by atoms with Crippen molar-refractivity contribution < 1.29 is 9.63 Å². The predicted octanol–water partition coefficient (Wildman–Crippen LogP) is -0.138. The van der Waals surface area contributed by atoms with E-state index in [0.717, 1.165) is 13.1 Å². The maximum Gasteiger partial charge on any atom is 0.213 e. The van der Waals surface area contributed by atoms with E-state index in [1.54, 1.807) is 0 Å². The van der Waals surface area contributed by atoms with Crippen molar-refractivity contribution in [1.82, 2.24) is 20.4 Å². The molecule has 1 aromatic rings. The van der Waals surface area contributed by atoms with Crippen LogP contribution in [0.3, 0.4) is 0 Å². The Labute approximate surface area is 95.6 Å². The summed E-state index contributed by atoms with van der Waals surface area (Å²) in [6, 6.07) is 0. The fourth-order valence-corrected chi connectivity index (χ4v) is 1.47. The zero-order chi connectivity index (χ0) is 11.8. The zero-order valence-corrected chi connectivity index (χ0v) is 9.89. The predicted molar refractivity (Wildman–Crippen MR) is 59.8 cm³/mol. The van der Waals surface area contributed by atoms with Gasteiger partial charge in [-0.15, -0.1) is 0 Å². The van der Waals surface area contributed by atoms with Gasteiger partial charge in [-0.25, -0.2) is 0 Å². The lowest BCUT2D eigenvalue weighted by atomic mass is 10.3. The summed E-state index contributed by atoms with van der Waals surface area (Å²) >= 11 is 0. The summed E-state index contributed by atoms with van der Waals surface area (Å²) in [5.41, 5.74) is 0. The van der Waals surface area contributed by atoms with Gasteiger partial charge in [-0.05, 0) is 13.1 Å². The number of likely N-dealkylation sites (N-methyl/N-ethyl adjacent to an activating group) is 1. The number of rotatable bonds is 8. The highest BCUT2D eigenvalue weighted by atomic mass is 16.5. The first-order chi connectivity index (χ1) is 7.76. The van der Waals surface area contributed by atoms with Crippen molar-refractivity contribution in [2.45, 2.75) is 26.5 Å². The third-order valence-corrected chi connectivity index (χ3v) is 2.43. The Kier molecular flexibility index (Phi) is 5.99. The summed E-state index contributed by atoms with van der Waals surface area (Å²) < 4.78 is 4.60. The second-order valence-corrected chi connectivity index (χ2v) is 3.62. The number of aliphatic hydroxyl groups excluding tert-OH is 1. The molecule has 0 radical (unpaired) electrons. The van der Waals surface area contributed by atoms with Crippen molar-refractivity contribution in [3.05, 3.63) is 12.2 Å². The molecule has 1 atom stereocenters. The van der Waals surface area contributed by atoms with E-state index in [2.05, 4.69) is 38.7 Å². The van der Waals surface area contributed by atoms with Crippen LogP contribution in [0.4, 0.5) is 0 Å². The molecule has 2 N–H and O–H groups in total. The van der Waals surface area contributed by atoms with E-state index >= 15 is 0 Å². The normalized spacial score (nSPS) is 13.2. The van der Waals surface area contributed by atoms with Gasteiger partial charge in [-0.2, -0.15) is 4.98 Å². The van der Waals surface area contributed by atoms with E-state index in [9.17, 15) is 5.11 Å². The smallest absolute Gasteiger partial charge is 0.213 e. The van der Waals surface area contributed by atoms with E-state index in [1.807, 2.05) is 0 Å². The molecular formula is C10H20N4O2. The third-order valence-electron chi connectivity index (χ3n) is 2.43. The molecule has 0 aromatic carbocycles. The van der Waals surface area contributed by atoms with Gasteiger partial charge in [0.25, 0.3) is 0 Å². The lowest BCUT2D eigenvalue weighted by molar-refractivity contribution is 0.116. The van der Waals surface area contributed by atoms with Crippen LogP contribution in [0, 0.1) is 0 Å². The Hall–Kier alpha value is -0.980. The van der Waals surface area contributed by atoms with Crippen LogP contribution in [0.1, 0.15) is 19.7 Å². The number of nitrogens with zero attached hydrogens (tertiary/aromatic N) is 3. The summed E-state index contributed by atoms with van der Waals surface area (Å²) in [6.45, 7) is 7.83. The molecule has 1 unspecified atom stereocenters. The molecule has 0 aliphatic heterocycles. The second-order valence-electron chi connectivity index (χ2n) is 3.62. The summed E-state index contributed by atoms with van der Waals surface area (Å²) in [5, 5.41) is 16.5. The Morgan fingerprint density at radius 1 is 1.50 bits per heavy atom. The van der Waals surface area contributed by atoms with Gasteiger partial charge in [-0.1, -0.05) is 19.0 Å². The zero-order valence-electron chi connectivity index (χ0n) is 9.89. The third kappa shape index (κ3) is 4.69. The molecule has 1 aromatic heterocycles. The van der Waals surface area contributed by atoms with Gasteiger partial charge in [-0.3, -0.25) is 0 Å². The number of aliphatic hydroxyl groups is 1. The second kappa shape index (κ2) is 7.32. The fourth-order valence-electron chi connectivity index (χ4n) is 1.47. The van der Waals surface area contributed by atoms with Crippen LogP contribution in [0.15, 0.2) is 10.9 Å². The minimum atomic E-state index is -0.369. The largest absolute Gasteiger partial charge is 0.390 e. The van der Waals surface area contributed by atoms with Crippen molar-refractivity contribution in [3.8, 4) is 0 Å². The monoisotopic (exact) mass is 228 g/mol. The maximum atomic E-state index is 9.74. The quantitative estimate of drug-likeness (QED) is 0.645. The highest BCUT2D eigenvalue weighted by Crippen LogP contribution is 1.92. The molecule has 0 spiro atoms. The molecule has 92 valence electrons. The van der Waals surface area contributed by atoms with Crippen molar-refractivity contribution in [2.24, 2.45) is 0 Å². The number of hydrogen-bond donors (Lipinski definition) is 2. The molecule has 0 aliphatic rings.